The molecule has 21 heavy (non-hydrogen) atoms. The van der Waals surface area contributed by atoms with Gasteiger partial charge < -0.3 is 10.0 Å². The van der Waals surface area contributed by atoms with Crippen molar-refractivity contribution in [3.63, 3.8) is 0 Å². The molecule has 1 aromatic heterocycles. The van der Waals surface area contributed by atoms with Crippen LogP contribution in [0.4, 0.5) is 0 Å². The van der Waals surface area contributed by atoms with Gasteiger partial charge in [-0.05, 0) is 48.0 Å². The van der Waals surface area contributed by atoms with Crippen LogP contribution in [0.15, 0.2) is 15.9 Å². The Hall–Kier alpha value is -0.920. The Bertz CT molecular complexity index is 479. The zero-order valence-corrected chi connectivity index (χ0v) is 14.7. The minimum atomic E-state index is -0.901. The van der Waals surface area contributed by atoms with Gasteiger partial charge in [-0.25, -0.2) is 0 Å². The highest BCUT2D eigenvalue weighted by molar-refractivity contribution is 9.11. The molecule has 118 valence electrons. The van der Waals surface area contributed by atoms with Gasteiger partial charge in [-0.1, -0.05) is 6.92 Å². The highest BCUT2D eigenvalue weighted by atomic mass is 79.9. The number of amides is 1. The number of carboxylic acids is 1. The maximum atomic E-state index is 12.3. The van der Waals surface area contributed by atoms with E-state index in [0.717, 1.165) is 15.1 Å². The third-order valence-electron chi connectivity index (χ3n) is 2.97. The minimum Gasteiger partial charge on any atom is -0.480 e. The van der Waals surface area contributed by atoms with E-state index in [4.69, 9.17) is 5.11 Å². The molecule has 0 unspecified atom stereocenters. The van der Waals surface area contributed by atoms with Crippen molar-refractivity contribution < 1.29 is 14.7 Å². The SMILES string of the molecule is CCCN(CC(=O)O)CC(=O)N(CC)Cc1ccc(Br)s1. The Morgan fingerprint density at radius 3 is 2.48 bits per heavy atom. The molecule has 7 heteroatoms. The van der Waals surface area contributed by atoms with Gasteiger partial charge in [0.2, 0.25) is 5.91 Å². The number of halogens is 1. The molecule has 0 spiro atoms. The number of carbonyl (C=O) groups excluding carboxylic acids is 1. The van der Waals surface area contributed by atoms with Crippen LogP contribution in [0, 0.1) is 0 Å². The lowest BCUT2D eigenvalue weighted by atomic mass is 10.3. The Labute approximate surface area is 137 Å². The molecule has 0 saturated heterocycles. The van der Waals surface area contributed by atoms with E-state index in [9.17, 15) is 9.59 Å². The topological polar surface area (TPSA) is 60.9 Å². The Morgan fingerprint density at radius 1 is 1.29 bits per heavy atom. The molecule has 0 atom stereocenters. The fourth-order valence-corrected chi connectivity index (χ4v) is 3.51. The number of hydrogen-bond donors (Lipinski definition) is 1. The molecule has 1 rings (SSSR count). The van der Waals surface area contributed by atoms with E-state index in [2.05, 4.69) is 15.9 Å². The van der Waals surface area contributed by atoms with Gasteiger partial charge in [0.1, 0.15) is 0 Å². The molecule has 0 aliphatic rings. The Kier molecular flexibility index (Phi) is 7.92. The van der Waals surface area contributed by atoms with Crippen molar-refractivity contribution in [2.24, 2.45) is 0 Å². The summed E-state index contributed by atoms with van der Waals surface area (Å²) in [6, 6.07) is 3.96. The number of nitrogens with zero attached hydrogens (tertiary/aromatic N) is 2. The average Bonchev–Trinajstić information content (AvgIpc) is 2.80. The largest absolute Gasteiger partial charge is 0.480 e. The zero-order chi connectivity index (χ0) is 15.8. The van der Waals surface area contributed by atoms with Crippen molar-refractivity contribution in [1.82, 2.24) is 9.80 Å². The molecule has 0 radical (unpaired) electrons. The van der Waals surface area contributed by atoms with Crippen molar-refractivity contribution in [2.75, 3.05) is 26.2 Å². The van der Waals surface area contributed by atoms with Crippen molar-refractivity contribution in [2.45, 2.75) is 26.8 Å². The van der Waals surface area contributed by atoms with Crippen LogP contribution in [-0.2, 0) is 16.1 Å². The predicted molar refractivity (Wildman–Crippen MR) is 87.5 cm³/mol. The highest BCUT2D eigenvalue weighted by Crippen LogP contribution is 2.23. The first-order valence-corrected chi connectivity index (χ1v) is 8.53. The summed E-state index contributed by atoms with van der Waals surface area (Å²) in [6.07, 6.45) is 0.824. The van der Waals surface area contributed by atoms with E-state index >= 15 is 0 Å². The molecule has 1 N–H and O–H groups in total. The first-order valence-electron chi connectivity index (χ1n) is 6.92. The van der Waals surface area contributed by atoms with Gasteiger partial charge in [-0.3, -0.25) is 14.5 Å². The predicted octanol–water partition coefficient (Wildman–Crippen LogP) is 2.66. The summed E-state index contributed by atoms with van der Waals surface area (Å²) in [5, 5.41) is 8.89. The molecule has 5 nitrogen and oxygen atoms in total. The lowest BCUT2D eigenvalue weighted by molar-refractivity contribution is -0.139. The van der Waals surface area contributed by atoms with E-state index in [-0.39, 0.29) is 19.0 Å². The van der Waals surface area contributed by atoms with Crippen molar-refractivity contribution in [1.29, 1.82) is 0 Å². The maximum absolute atomic E-state index is 12.3. The monoisotopic (exact) mass is 376 g/mol. The number of rotatable bonds is 9. The summed E-state index contributed by atoms with van der Waals surface area (Å²) in [5.41, 5.74) is 0. The van der Waals surface area contributed by atoms with Crippen molar-refractivity contribution >= 4 is 39.1 Å². The van der Waals surface area contributed by atoms with E-state index in [0.29, 0.717) is 19.6 Å². The van der Waals surface area contributed by atoms with Crippen LogP contribution in [0.3, 0.4) is 0 Å². The summed E-state index contributed by atoms with van der Waals surface area (Å²) in [6.45, 7) is 5.75. The number of carbonyl (C=O) groups is 2. The van der Waals surface area contributed by atoms with Gasteiger partial charge >= 0.3 is 5.97 Å². The maximum Gasteiger partial charge on any atom is 0.317 e. The quantitative estimate of drug-likeness (QED) is 0.719. The van der Waals surface area contributed by atoms with Gasteiger partial charge in [0, 0.05) is 11.4 Å². The second kappa shape index (κ2) is 9.17. The van der Waals surface area contributed by atoms with Gasteiger partial charge in [-0.15, -0.1) is 11.3 Å². The summed E-state index contributed by atoms with van der Waals surface area (Å²) in [4.78, 5) is 27.7. The standard InChI is InChI=1S/C14H21BrN2O3S/c1-3-7-16(10-14(19)20)9-13(18)17(4-2)8-11-5-6-12(15)21-11/h5-6H,3-4,7-10H2,1-2H3,(H,19,20). The summed E-state index contributed by atoms with van der Waals surface area (Å²) in [7, 11) is 0. The van der Waals surface area contributed by atoms with Crippen LogP contribution in [0.5, 0.6) is 0 Å². The third kappa shape index (κ3) is 6.58. The smallest absolute Gasteiger partial charge is 0.317 e. The molecule has 0 saturated carbocycles. The summed E-state index contributed by atoms with van der Waals surface area (Å²) < 4.78 is 1.04. The van der Waals surface area contributed by atoms with Crippen LogP contribution >= 0.6 is 27.3 Å². The molecule has 1 amide bonds. The molecular formula is C14H21BrN2O3S. The molecule has 1 heterocycles. The molecule has 1 aromatic rings. The Balaban J connectivity index is 2.61. The second-order valence-corrected chi connectivity index (χ2v) is 7.27. The number of carboxylic acid groups (broad SMARTS) is 1. The fraction of sp³-hybridized carbons (Fsp3) is 0.571. The van der Waals surface area contributed by atoms with E-state index in [1.165, 1.54) is 0 Å². The minimum absolute atomic E-state index is 0.0308. The molecule has 0 aliphatic heterocycles. The molecular weight excluding hydrogens is 356 g/mol. The van der Waals surface area contributed by atoms with Gasteiger partial charge in [-0.2, -0.15) is 0 Å². The molecule has 0 bridgehead atoms. The number of likely N-dealkylation sites (N-methyl/N-ethyl adjacent to an activating group) is 1. The summed E-state index contributed by atoms with van der Waals surface area (Å²) in [5.74, 6) is -0.932. The van der Waals surface area contributed by atoms with E-state index < -0.39 is 5.97 Å². The van der Waals surface area contributed by atoms with Crippen molar-refractivity contribution in [3.05, 3.63) is 20.8 Å². The van der Waals surface area contributed by atoms with E-state index in [1.807, 2.05) is 26.0 Å². The highest BCUT2D eigenvalue weighted by Gasteiger charge is 2.18. The third-order valence-corrected chi connectivity index (χ3v) is 4.58. The fourth-order valence-electron chi connectivity index (χ4n) is 2.01. The number of thiophene rings is 1. The second-order valence-electron chi connectivity index (χ2n) is 4.72. The van der Waals surface area contributed by atoms with Crippen LogP contribution in [-0.4, -0.2) is 53.0 Å². The molecule has 0 aromatic carbocycles. The average molecular weight is 377 g/mol. The van der Waals surface area contributed by atoms with Crippen LogP contribution in [0.1, 0.15) is 25.1 Å². The van der Waals surface area contributed by atoms with Gasteiger partial charge in [0.05, 0.1) is 23.4 Å². The van der Waals surface area contributed by atoms with Crippen molar-refractivity contribution in [3.8, 4) is 0 Å². The van der Waals surface area contributed by atoms with E-state index in [1.54, 1.807) is 21.1 Å². The van der Waals surface area contributed by atoms with Gasteiger partial charge in [0.25, 0.3) is 0 Å². The first-order chi connectivity index (χ1) is 9.96. The summed E-state index contributed by atoms with van der Waals surface area (Å²) >= 11 is 5.01. The lowest BCUT2D eigenvalue weighted by Gasteiger charge is -2.25. The van der Waals surface area contributed by atoms with Crippen LogP contribution in [0.2, 0.25) is 0 Å². The molecule has 0 fully saturated rings. The lowest BCUT2D eigenvalue weighted by Crippen LogP contribution is -2.42. The van der Waals surface area contributed by atoms with Gasteiger partial charge in [0.15, 0.2) is 0 Å². The normalized spacial score (nSPS) is 10.9. The Morgan fingerprint density at radius 2 is 2.00 bits per heavy atom. The number of aliphatic carboxylic acids is 1. The molecule has 0 aliphatic carbocycles. The zero-order valence-electron chi connectivity index (χ0n) is 12.3. The van der Waals surface area contributed by atoms with Crippen LogP contribution in [0.25, 0.3) is 0 Å². The number of hydrogen-bond acceptors (Lipinski definition) is 4. The van der Waals surface area contributed by atoms with Crippen LogP contribution < -0.4 is 0 Å². The first kappa shape index (κ1) is 18.1.